The van der Waals surface area contributed by atoms with E-state index in [-0.39, 0.29) is 11.3 Å². The third kappa shape index (κ3) is 6.52. The molecule has 1 saturated heterocycles. The van der Waals surface area contributed by atoms with Crippen LogP contribution in [0.15, 0.2) is 88.8 Å². The van der Waals surface area contributed by atoms with Gasteiger partial charge in [-0.3, -0.25) is 14.5 Å². The van der Waals surface area contributed by atoms with Crippen molar-refractivity contribution in [2.24, 2.45) is 0 Å². The fraction of sp³-hybridized carbons (Fsp3) is 0.250. The number of aliphatic hydroxyl groups excluding tert-OH is 1. The molecule has 1 aliphatic rings. The molecule has 0 radical (unpaired) electrons. The molecule has 0 saturated carbocycles. The topological polar surface area (TPSA) is 92.6 Å². The number of ether oxygens (including phenoxy) is 1. The van der Waals surface area contributed by atoms with Crippen molar-refractivity contribution in [2.45, 2.75) is 49.2 Å². The normalized spacial score (nSPS) is 16.3. The molecule has 1 atom stereocenters. The molecular formula is C32H31N3O4S2. The molecule has 4 aromatic rings. The lowest BCUT2D eigenvalue weighted by Gasteiger charge is -2.23. The maximum absolute atomic E-state index is 13.5. The van der Waals surface area contributed by atoms with E-state index in [1.54, 1.807) is 12.1 Å². The van der Waals surface area contributed by atoms with Gasteiger partial charge >= 0.3 is 5.91 Å². The van der Waals surface area contributed by atoms with Gasteiger partial charge in [0.2, 0.25) is 5.13 Å². The van der Waals surface area contributed by atoms with Crippen molar-refractivity contribution in [2.75, 3.05) is 11.5 Å². The van der Waals surface area contributed by atoms with E-state index in [4.69, 9.17) is 4.74 Å². The first-order valence-corrected chi connectivity index (χ1v) is 15.4. The summed E-state index contributed by atoms with van der Waals surface area (Å²) in [6, 6.07) is 23.6. The lowest BCUT2D eigenvalue weighted by Crippen LogP contribution is -2.29. The maximum atomic E-state index is 13.5. The Morgan fingerprint density at radius 3 is 2.54 bits per heavy atom. The second-order valence-electron chi connectivity index (χ2n) is 9.79. The van der Waals surface area contributed by atoms with E-state index in [1.165, 1.54) is 28.0 Å². The monoisotopic (exact) mass is 585 g/mol. The highest BCUT2D eigenvalue weighted by atomic mass is 32.2. The van der Waals surface area contributed by atoms with Crippen LogP contribution in [-0.4, -0.2) is 33.6 Å². The van der Waals surface area contributed by atoms with Crippen LogP contribution in [0.25, 0.3) is 5.76 Å². The van der Waals surface area contributed by atoms with Crippen molar-refractivity contribution in [1.82, 2.24) is 10.2 Å². The van der Waals surface area contributed by atoms with Gasteiger partial charge in [-0.2, -0.15) is 0 Å². The van der Waals surface area contributed by atoms with Crippen molar-refractivity contribution in [1.29, 1.82) is 0 Å². The number of carbonyl (C=O) groups excluding carboxylic acids is 2. The Kier molecular flexibility index (Phi) is 9.16. The minimum Gasteiger partial charge on any atom is -0.507 e. The van der Waals surface area contributed by atoms with Crippen LogP contribution in [0.2, 0.25) is 0 Å². The summed E-state index contributed by atoms with van der Waals surface area (Å²) in [6.45, 7) is 4.65. The number of benzene rings is 3. The number of aryl methyl sites for hydroxylation is 1. The van der Waals surface area contributed by atoms with Crippen molar-refractivity contribution < 1.29 is 19.4 Å². The molecule has 0 bridgehead atoms. The van der Waals surface area contributed by atoms with Gasteiger partial charge in [-0.1, -0.05) is 115 Å². The summed E-state index contributed by atoms with van der Waals surface area (Å²) in [5.41, 5.74) is 3.27. The minimum absolute atomic E-state index is 0.00988. The molecular weight excluding hydrogens is 555 g/mol. The zero-order valence-electron chi connectivity index (χ0n) is 22.9. The van der Waals surface area contributed by atoms with E-state index >= 15 is 0 Å². The first-order chi connectivity index (χ1) is 20.0. The standard InChI is InChI=1S/C32H31N3O4S2/c1-3-4-8-18-39-25-13-9-12-24(19-25)27-26(28(36)23-16-14-21(2)15-17-23)29(37)30(38)35(27)31-33-34-32(41-31)40-20-22-10-6-5-7-11-22/h5-7,9-17,19,27,36H,3-4,8,18,20H2,1-2H3. The molecule has 1 amide bonds. The first-order valence-electron chi connectivity index (χ1n) is 13.6. The molecule has 1 unspecified atom stereocenters. The zero-order chi connectivity index (χ0) is 28.8. The summed E-state index contributed by atoms with van der Waals surface area (Å²) in [7, 11) is 0. The fourth-order valence-corrected chi connectivity index (χ4v) is 6.43. The number of aromatic nitrogens is 2. The largest absolute Gasteiger partial charge is 0.507 e. The van der Waals surface area contributed by atoms with Gasteiger partial charge in [0.05, 0.1) is 18.2 Å². The van der Waals surface area contributed by atoms with Crippen LogP contribution >= 0.6 is 23.1 Å². The summed E-state index contributed by atoms with van der Waals surface area (Å²) < 4.78 is 6.66. The van der Waals surface area contributed by atoms with Gasteiger partial charge in [0.25, 0.3) is 5.78 Å². The fourth-order valence-electron chi connectivity index (χ4n) is 4.61. The Morgan fingerprint density at radius 1 is 1.00 bits per heavy atom. The average molecular weight is 586 g/mol. The second kappa shape index (κ2) is 13.1. The van der Waals surface area contributed by atoms with Crippen molar-refractivity contribution >= 4 is 45.7 Å². The predicted octanol–water partition coefficient (Wildman–Crippen LogP) is 7.33. The van der Waals surface area contributed by atoms with Crippen LogP contribution in [-0.2, 0) is 15.3 Å². The summed E-state index contributed by atoms with van der Waals surface area (Å²) in [4.78, 5) is 28.4. The van der Waals surface area contributed by atoms with Gasteiger partial charge in [0.15, 0.2) is 4.34 Å². The van der Waals surface area contributed by atoms with Crippen LogP contribution in [0.1, 0.15) is 54.5 Å². The number of anilines is 1. The zero-order valence-corrected chi connectivity index (χ0v) is 24.6. The van der Waals surface area contributed by atoms with Crippen LogP contribution in [0.5, 0.6) is 5.75 Å². The molecule has 210 valence electrons. The summed E-state index contributed by atoms with van der Waals surface area (Å²) in [6.07, 6.45) is 3.09. The number of ketones is 1. The molecule has 1 N–H and O–H groups in total. The Balaban J connectivity index is 1.52. The van der Waals surface area contributed by atoms with Crippen LogP contribution in [0.3, 0.4) is 0 Å². The minimum atomic E-state index is -0.893. The van der Waals surface area contributed by atoms with E-state index in [1.807, 2.05) is 73.7 Å². The quantitative estimate of drug-likeness (QED) is 0.0492. The smallest absolute Gasteiger partial charge is 0.301 e. The molecule has 7 nitrogen and oxygen atoms in total. The van der Waals surface area contributed by atoms with Crippen LogP contribution in [0, 0.1) is 6.92 Å². The highest BCUT2D eigenvalue weighted by molar-refractivity contribution is 8.00. The van der Waals surface area contributed by atoms with Crippen molar-refractivity contribution in [3.63, 3.8) is 0 Å². The van der Waals surface area contributed by atoms with E-state index in [0.29, 0.717) is 38.7 Å². The van der Waals surface area contributed by atoms with Gasteiger partial charge < -0.3 is 9.84 Å². The molecule has 3 aromatic carbocycles. The predicted molar refractivity (Wildman–Crippen MR) is 163 cm³/mol. The van der Waals surface area contributed by atoms with Gasteiger partial charge in [0, 0.05) is 11.3 Å². The Labute approximate surface area is 247 Å². The van der Waals surface area contributed by atoms with Gasteiger partial charge in [0.1, 0.15) is 11.5 Å². The van der Waals surface area contributed by atoms with E-state index in [0.717, 1.165) is 30.4 Å². The van der Waals surface area contributed by atoms with Crippen molar-refractivity contribution in [3.8, 4) is 5.75 Å². The number of aliphatic hydroxyl groups is 1. The number of Topliss-reactive ketones (excluding diaryl/α,β-unsaturated/α-hetero) is 1. The third-order valence-corrected chi connectivity index (χ3v) is 8.89. The number of thioether (sulfide) groups is 1. The Bertz CT molecular complexity index is 1550. The van der Waals surface area contributed by atoms with E-state index in [9.17, 15) is 14.7 Å². The number of hydrogen-bond acceptors (Lipinski definition) is 8. The SMILES string of the molecule is CCCCCOc1cccc(C2C(=C(O)c3ccc(C)cc3)C(=O)C(=O)N2c2nnc(SCc3ccccc3)s2)c1. The first kappa shape index (κ1) is 28.6. The Hall–Kier alpha value is -3.95. The number of rotatable bonds is 11. The molecule has 0 spiro atoms. The van der Waals surface area contributed by atoms with E-state index < -0.39 is 17.7 Å². The lowest BCUT2D eigenvalue weighted by molar-refractivity contribution is -0.132. The second-order valence-corrected chi connectivity index (χ2v) is 12.0. The Morgan fingerprint density at radius 2 is 1.78 bits per heavy atom. The van der Waals surface area contributed by atoms with Crippen LogP contribution < -0.4 is 9.64 Å². The number of unbranched alkanes of at least 4 members (excludes halogenated alkanes) is 2. The molecule has 1 aliphatic heterocycles. The molecule has 9 heteroatoms. The highest BCUT2D eigenvalue weighted by Crippen LogP contribution is 2.44. The highest BCUT2D eigenvalue weighted by Gasteiger charge is 2.48. The number of nitrogens with zero attached hydrogens (tertiary/aromatic N) is 3. The number of amides is 1. The average Bonchev–Trinajstić information content (AvgIpc) is 3.57. The third-order valence-electron chi connectivity index (χ3n) is 6.77. The molecule has 1 fully saturated rings. The number of carbonyl (C=O) groups is 2. The molecule has 5 rings (SSSR count). The maximum Gasteiger partial charge on any atom is 0.301 e. The van der Waals surface area contributed by atoms with E-state index in [2.05, 4.69) is 17.1 Å². The van der Waals surface area contributed by atoms with Crippen molar-refractivity contribution in [3.05, 3.63) is 107 Å². The molecule has 41 heavy (non-hydrogen) atoms. The van der Waals surface area contributed by atoms with Gasteiger partial charge in [-0.25, -0.2) is 0 Å². The summed E-state index contributed by atoms with van der Waals surface area (Å²) in [5, 5.41) is 20.3. The molecule has 1 aromatic heterocycles. The van der Waals surface area contributed by atoms with Gasteiger partial charge in [-0.15, -0.1) is 10.2 Å². The van der Waals surface area contributed by atoms with Gasteiger partial charge in [-0.05, 0) is 36.6 Å². The summed E-state index contributed by atoms with van der Waals surface area (Å²) >= 11 is 2.76. The van der Waals surface area contributed by atoms with Crippen LogP contribution in [0.4, 0.5) is 5.13 Å². The number of hydrogen-bond donors (Lipinski definition) is 1. The molecule has 0 aliphatic carbocycles. The summed E-state index contributed by atoms with van der Waals surface area (Å²) in [5.74, 6) is -0.420. The lowest BCUT2D eigenvalue weighted by atomic mass is 9.95. The molecule has 2 heterocycles.